The number of hydrogen-bond acceptors (Lipinski definition) is 5. The highest BCUT2D eigenvalue weighted by atomic mass is 32.2. The van der Waals surface area contributed by atoms with E-state index in [0.717, 1.165) is 47.3 Å². The van der Waals surface area contributed by atoms with Gasteiger partial charge in [0.1, 0.15) is 0 Å². The van der Waals surface area contributed by atoms with Crippen LogP contribution in [0.15, 0.2) is 53.7 Å². The van der Waals surface area contributed by atoms with Gasteiger partial charge < -0.3 is 10.2 Å². The summed E-state index contributed by atoms with van der Waals surface area (Å²) in [5, 5.41) is 4.12. The van der Waals surface area contributed by atoms with Crippen molar-refractivity contribution in [1.29, 1.82) is 0 Å². The molecular weight excluding hydrogens is 400 g/mol. The number of aromatic nitrogens is 2. The second-order valence-corrected chi connectivity index (χ2v) is 9.43. The summed E-state index contributed by atoms with van der Waals surface area (Å²) in [4.78, 5) is 18.1. The SMILES string of the molecule is CC(=O)N1CCc2cc(S(=O)(=O)n3cc(C4=CCNCC4)c4cccnc43)ccc21. The van der Waals surface area contributed by atoms with Gasteiger partial charge in [-0.2, -0.15) is 0 Å². The first-order valence-electron chi connectivity index (χ1n) is 9.99. The van der Waals surface area contributed by atoms with Crippen molar-refractivity contribution >= 4 is 38.2 Å². The van der Waals surface area contributed by atoms with Crippen LogP contribution in [0.4, 0.5) is 5.69 Å². The molecule has 0 spiro atoms. The molecule has 154 valence electrons. The minimum absolute atomic E-state index is 0.0372. The Kier molecular flexibility index (Phi) is 4.48. The summed E-state index contributed by atoms with van der Waals surface area (Å²) in [6, 6.07) is 8.74. The molecular formula is C22H22N4O3S. The summed E-state index contributed by atoms with van der Waals surface area (Å²) in [6.07, 6.45) is 6.90. The Morgan fingerprint density at radius 2 is 2.07 bits per heavy atom. The van der Waals surface area contributed by atoms with E-state index in [1.165, 1.54) is 10.9 Å². The highest BCUT2D eigenvalue weighted by molar-refractivity contribution is 7.90. The third-order valence-corrected chi connectivity index (χ3v) is 7.47. The van der Waals surface area contributed by atoms with Crippen molar-refractivity contribution in [2.45, 2.75) is 24.7 Å². The van der Waals surface area contributed by atoms with E-state index in [2.05, 4.69) is 16.4 Å². The molecule has 0 fully saturated rings. The molecule has 1 aromatic carbocycles. The summed E-state index contributed by atoms with van der Waals surface area (Å²) in [5.74, 6) is -0.0372. The fraction of sp³-hybridized carbons (Fsp3) is 0.273. The first-order chi connectivity index (χ1) is 14.5. The van der Waals surface area contributed by atoms with Gasteiger partial charge in [0, 0.05) is 49.0 Å². The number of pyridine rings is 1. The summed E-state index contributed by atoms with van der Waals surface area (Å²) >= 11 is 0. The zero-order chi connectivity index (χ0) is 20.9. The van der Waals surface area contributed by atoms with Gasteiger partial charge in [0.25, 0.3) is 10.0 Å². The molecule has 30 heavy (non-hydrogen) atoms. The van der Waals surface area contributed by atoms with E-state index in [1.807, 2.05) is 12.1 Å². The Hall–Kier alpha value is -2.97. The Labute approximate surface area is 175 Å². The van der Waals surface area contributed by atoms with Crippen LogP contribution in [0.2, 0.25) is 0 Å². The van der Waals surface area contributed by atoms with Crippen molar-refractivity contribution in [2.75, 3.05) is 24.5 Å². The van der Waals surface area contributed by atoms with Gasteiger partial charge in [0.05, 0.1) is 4.90 Å². The molecule has 2 aliphatic rings. The molecule has 8 heteroatoms. The van der Waals surface area contributed by atoms with Crippen LogP contribution < -0.4 is 10.2 Å². The Morgan fingerprint density at radius 3 is 2.83 bits per heavy atom. The molecule has 3 aromatic rings. The summed E-state index contributed by atoms with van der Waals surface area (Å²) in [6.45, 7) is 3.73. The lowest BCUT2D eigenvalue weighted by atomic mass is 10.0. The molecule has 7 nitrogen and oxygen atoms in total. The molecule has 4 heterocycles. The van der Waals surface area contributed by atoms with E-state index in [0.29, 0.717) is 18.6 Å². The normalized spacial score (nSPS) is 16.6. The lowest BCUT2D eigenvalue weighted by Gasteiger charge is -2.15. The second kappa shape index (κ2) is 7.07. The van der Waals surface area contributed by atoms with Crippen LogP contribution >= 0.6 is 0 Å². The third-order valence-electron chi connectivity index (χ3n) is 5.83. The second-order valence-electron chi connectivity index (χ2n) is 7.61. The van der Waals surface area contributed by atoms with Crippen LogP contribution in [0, 0.1) is 0 Å². The van der Waals surface area contributed by atoms with E-state index >= 15 is 0 Å². The number of anilines is 1. The summed E-state index contributed by atoms with van der Waals surface area (Å²) in [7, 11) is -3.83. The smallest absolute Gasteiger partial charge is 0.269 e. The number of fused-ring (bicyclic) bond motifs is 2. The maximum Gasteiger partial charge on any atom is 0.269 e. The van der Waals surface area contributed by atoms with Crippen LogP contribution in [-0.2, 0) is 21.2 Å². The van der Waals surface area contributed by atoms with E-state index in [-0.39, 0.29) is 10.8 Å². The molecule has 2 aromatic heterocycles. The zero-order valence-corrected chi connectivity index (χ0v) is 17.4. The molecule has 0 aliphatic carbocycles. The van der Waals surface area contributed by atoms with Crippen molar-refractivity contribution in [2.24, 2.45) is 0 Å². The number of hydrogen-bond donors (Lipinski definition) is 1. The number of carbonyl (C=O) groups is 1. The molecule has 0 saturated heterocycles. The maximum atomic E-state index is 13.6. The van der Waals surface area contributed by atoms with Gasteiger partial charge in [-0.3, -0.25) is 4.79 Å². The largest absolute Gasteiger partial charge is 0.313 e. The van der Waals surface area contributed by atoms with Crippen molar-refractivity contribution < 1.29 is 13.2 Å². The lowest BCUT2D eigenvalue weighted by Crippen LogP contribution is -2.25. The minimum atomic E-state index is -3.83. The maximum absolute atomic E-state index is 13.6. The number of nitrogens with zero attached hydrogens (tertiary/aromatic N) is 3. The number of benzene rings is 1. The van der Waals surface area contributed by atoms with Crippen LogP contribution in [0.5, 0.6) is 0 Å². The van der Waals surface area contributed by atoms with E-state index in [4.69, 9.17) is 0 Å². The van der Waals surface area contributed by atoms with E-state index < -0.39 is 10.0 Å². The number of nitrogens with one attached hydrogen (secondary N) is 1. The lowest BCUT2D eigenvalue weighted by molar-refractivity contribution is -0.116. The van der Waals surface area contributed by atoms with Gasteiger partial charge in [-0.15, -0.1) is 0 Å². The highest BCUT2D eigenvalue weighted by Gasteiger charge is 2.27. The van der Waals surface area contributed by atoms with Crippen molar-refractivity contribution in [3.8, 4) is 0 Å². The Balaban J connectivity index is 1.64. The van der Waals surface area contributed by atoms with Crippen molar-refractivity contribution in [3.63, 3.8) is 0 Å². The fourth-order valence-corrected chi connectivity index (χ4v) is 5.69. The molecule has 0 atom stereocenters. The van der Waals surface area contributed by atoms with Crippen LogP contribution in [0.1, 0.15) is 24.5 Å². The van der Waals surface area contributed by atoms with Crippen LogP contribution in [-0.4, -0.2) is 42.9 Å². The van der Waals surface area contributed by atoms with Crippen LogP contribution in [0.25, 0.3) is 16.6 Å². The first-order valence-corrected chi connectivity index (χ1v) is 11.4. The quantitative estimate of drug-likeness (QED) is 0.701. The molecule has 0 bridgehead atoms. The highest BCUT2D eigenvalue weighted by Crippen LogP contribution is 2.34. The molecule has 5 rings (SSSR count). The van der Waals surface area contributed by atoms with E-state index in [9.17, 15) is 13.2 Å². The van der Waals surface area contributed by atoms with Crippen molar-refractivity contribution in [3.05, 3.63) is 59.9 Å². The summed E-state index contributed by atoms with van der Waals surface area (Å²) < 4.78 is 28.4. The Morgan fingerprint density at radius 1 is 1.20 bits per heavy atom. The molecule has 1 N–H and O–H groups in total. The molecule has 2 aliphatic heterocycles. The van der Waals surface area contributed by atoms with Gasteiger partial charge in [-0.05, 0) is 60.9 Å². The van der Waals surface area contributed by atoms with Gasteiger partial charge in [0.2, 0.25) is 5.91 Å². The standard InChI is InChI=1S/C22H22N4O3S/c1-15(27)25-12-8-17-13-18(4-5-21(17)25)30(28,29)26-14-20(16-6-10-23-11-7-16)19-3-2-9-24-22(19)26/h2-6,9,13-14,23H,7-8,10-12H2,1H3. The topological polar surface area (TPSA) is 84.3 Å². The van der Waals surface area contributed by atoms with Gasteiger partial charge in [0.15, 0.2) is 5.65 Å². The number of carbonyl (C=O) groups excluding carboxylic acids is 1. The average Bonchev–Trinajstić information content (AvgIpc) is 3.36. The van der Waals surface area contributed by atoms with Gasteiger partial charge in [-0.1, -0.05) is 6.08 Å². The first kappa shape index (κ1) is 19.0. The van der Waals surface area contributed by atoms with Crippen LogP contribution in [0.3, 0.4) is 0 Å². The molecule has 0 unspecified atom stereocenters. The number of rotatable bonds is 3. The predicted molar refractivity (Wildman–Crippen MR) is 116 cm³/mol. The number of amides is 1. The molecule has 1 amide bonds. The summed E-state index contributed by atoms with van der Waals surface area (Å²) in [5.41, 5.74) is 4.13. The molecule has 0 saturated carbocycles. The Bertz CT molecular complexity index is 1310. The monoisotopic (exact) mass is 422 g/mol. The minimum Gasteiger partial charge on any atom is -0.313 e. The van der Waals surface area contributed by atoms with Crippen molar-refractivity contribution in [1.82, 2.24) is 14.3 Å². The van der Waals surface area contributed by atoms with Gasteiger partial charge in [-0.25, -0.2) is 17.4 Å². The average molecular weight is 423 g/mol. The predicted octanol–water partition coefficient (Wildman–Crippen LogP) is 2.56. The fourth-order valence-electron chi connectivity index (χ4n) is 4.32. The molecule has 0 radical (unpaired) electrons. The third kappa shape index (κ3) is 2.95. The van der Waals surface area contributed by atoms with Gasteiger partial charge >= 0.3 is 0 Å². The van der Waals surface area contributed by atoms with E-state index in [1.54, 1.807) is 35.5 Å². The zero-order valence-electron chi connectivity index (χ0n) is 16.6.